The average molecular weight is 463 g/mol. The number of benzene rings is 2. The van der Waals surface area contributed by atoms with Crippen molar-refractivity contribution >= 4 is 5.97 Å². The maximum absolute atomic E-state index is 12.9. The lowest BCUT2D eigenvalue weighted by molar-refractivity contribution is -0.133. The van der Waals surface area contributed by atoms with E-state index in [4.69, 9.17) is 4.74 Å². The molecule has 1 atom stereocenters. The molecule has 0 saturated heterocycles. The second-order valence-electron chi connectivity index (χ2n) is 10.1. The molecule has 0 bridgehead atoms. The molecule has 1 unspecified atom stereocenters. The van der Waals surface area contributed by atoms with E-state index in [9.17, 15) is 4.79 Å². The molecule has 0 aromatic heterocycles. The van der Waals surface area contributed by atoms with Crippen molar-refractivity contribution in [2.45, 2.75) is 122 Å². The smallest absolute Gasteiger partial charge is 0.323 e. The summed E-state index contributed by atoms with van der Waals surface area (Å²) in [7, 11) is 0. The first-order valence-corrected chi connectivity index (χ1v) is 14.2. The van der Waals surface area contributed by atoms with Gasteiger partial charge < -0.3 is 4.74 Å². The number of aryl methyl sites for hydroxylation is 1. The highest BCUT2D eigenvalue weighted by Crippen LogP contribution is 2.43. The highest BCUT2D eigenvalue weighted by Gasteiger charge is 2.37. The largest absolute Gasteiger partial charge is 0.425 e. The Hall–Kier alpha value is -2.09. The third-order valence-corrected chi connectivity index (χ3v) is 7.36. The van der Waals surface area contributed by atoms with Crippen LogP contribution >= 0.6 is 0 Å². The second kappa shape index (κ2) is 15.0. The molecule has 0 fully saturated rings. The van der Waals surface area contributed by atoms with E-state index in [0.29, 0.717) is 0 Å². The van der Waals surface area contributed by atoms with E-state index in [1.807, 2.05) is 18.2 Å². The van der Waals surface area contributed by atoms with Crippen LogP contribution in [0.2, 0.25) is 0 Å². The van der Waals surface area contributed by atoms with Gasteiger partial charge in [0.2, 0.25) is 0 Å². The Kier molecular flexibility index (Phi) is 11.7. The Labute approximate surface area is 208 Å². The zero-order valence-corrected chi connectivity index (χ0v) is 21.7. The lowest BCUT2D eigenvalue weighted by atomic mass is 9.84. The van der Waals surface area contributed by atoms with Crippen molar-refractivity contribution < 1.29 is 9.53 Å². The molecule has 186 valence electrons. The molecule has 1 heterocycles. The van der Waals surface area contributed by atoms with Crippen LogP contribution in [0.5, 0.6) is 5.75 Å². The summed E-state index contributed by atoms with van der Waals surface area (Å²) in [5.41, 5.74) is 5.05. The normalized spacial score (nSPS) is 14.9. The summed E-state index contributed by atoms with van der Waals surface area (Å²) < 4.78 is 5.78. The van der Waals surface area contributed by atoms with Crippen LogP contribution in [0, 0.1) is 0 Å². The maximum atomic E-state index is 12.9. The molecule has 2 aromatic carbocycles. The molecule has 0 radical (unpaired) electrons. The van der Waals surface area contributed by atoms with Crippen molar-refractivity contribution in [1.82, 2.24) is 0 Å². The minimum atomic E-state index is -0.273. The van der Waals surface area contributed by atoms with Gasteiger partial charge >= 0.3 is 5.97 Å². The lowest BCUT2D eigenvalue weighted by Gasteiger charge is -2.17. The van der Waals surface area contributed by atoms with E-state index in [2.05, 4.69) is 38.1 Å². The predicted molar refractivity (Wildman–Crippen MR) is 144 cm³/mol. The molecule has 3 rings (SSSR count). The van der Waals surface area contributed by atoms with Crippen molar-refractivity contribution in [3.8, 4) is 5.75 Å². The van der Waals surface area contributed by atoms with Gasteiger partial charge in [0.15, 0.2) is 0 Å². The van der Waals surface area contributed by atoms with Crippen molar-refractivity contribution in [3.05, 3.63) is 64.7 Å². The topological polar surface area (TPSA) is 26.3 Å². The minimum Gasteiger partial charge on any atom is -0.425 e. The van der Waals surface area contributed by atoms with E-state index in [0.717, 1.165) is 29.7 Å². The first-order valence-electron chi connectivity index (χ1n) is 14.2. The van der Waals surface area contributed by atoms with Crippen LogP contribution in [-0.2, 0) is 17.6 Å². The van der Waals surface area contributed by atoms with E-state index in [1.54, 1.807) is 0 Å². The van der Waals surface area contributed by atoms with Crippen LogP contribution in [-0.4, -0.2) is 5.97 Å². The number of hydrogen-bond donors (Lipinski definition) is 0. The van der Waals surface area contributed by atoms with Gasteiger partial charge in [-0.05, 0) is 48.4 Å². The van der Waals surface area contributed by atoms with Crippen LogP contribution in [0.3, 0.4) is 0 Å². The summed E-state index contributed by atoms with van der Waals surface area (Å²) in [4.78, 5) is 12.9. The average Bonchev–Trinajstić information content (AvgIpc) is 3.20. The van der Waals surface area contributed by atoms with E-state index < -0.39 is 0 Å². The monoisotopic (exact) mass is 462 g/mol. The summed E-state index contributed by atoms with van der Waals surface area (Å²) in [6.07, 6.45) is 20.6. The van der Waals surface area contributed by atoms with Gasteiger partial charge in [-0.25, -0.2) is 0 Å². The van der Waals surface area contributed by atoms with Gasteiger partial charge in [-0.2, -0.15) is 0 Å². The molecular weight excluding hydrogens is 416 g/mol. The number of carbonyl (C=O) groups excluding carboxylic acids is 1. The van der Waals surface area contributed by atoms with Gasteiger partial charge in [0, 0.05) is 5.56 Å². The van der Waals surface area contributed by atoms with Crippen molar-refractivity contribution in [2.75, 3.05) is 0 Å². The van der Waals surface area contributed by atoms with Gasteiger partial charge in [0.25, 0.3) is 0 Å². The molecule has 0 amide bonds. The van der Waals surface area contributed by atoms with E-state index in [1.165, 1.54) is 101 Å². The van der Waals surface area contributed by atoms with Crippen LogP contribution in [0.25, 0.3) is 0 Å². The fourth-order valence-electron chi connectivity index (χ4n) is 5.39. The fraction of sp³-hybridized carbons (Fsp3) is 0.594. The summed E-state index contributed by atoms with van der Waals surface area (Å²) in [6, 6.07) is 14.5. The van der Waals surface area contributed by atoms with Crippen molar-refractivity contribution in [2.24, 2.45) is 0 Å². The van der Waals surface area contributed by atoms with Gasteiger partial charge in [0.1, 0.15) is 11.7 Å². The number of esters is 1. The number of rotatable bonds is 17. The van der Waals surface area contributed by atoms with Gasteiger partial charge in [-0.3, -0.25) is 4.79 Å². The third kappa shape index (κ3) is 7.72. The number of fused-ring (bicyclic) bond motifs is 1. The zero-order valence-electron chi connectivity index (χ0n) is 21.7. The number of hydrogen-bond acceptors (Lipinski definition) is 2. The molecule has 2 heteroatoms. The number of ether oxygens (including phenoxy) is 1. The Bertz CT molecular complexity index is 855. The first kappa shape index (κ1) is 26.5. The van der Waals surface area contributed by atoms with Gasteiger partial charge in [0.05, 0.1) is 0 Å². The van der Waals surface area contributed by atoms with Gasteiger partial charge in [-0.15, -0.1) is 0 Å². The number of carbonyl (C=O) groups is 1. The predicted octanol–water partition coefficient (Wildman–Crippen LogP) is 9.32. The fourth-order valence-corrected chi connectivity index (χ4v) is 5.39. The lowest BCUT2D eigenvalue weighted by Crippen LogP contribution is -2.13. The molecule has 0 spiro atoms. The Morgan fingerprint density at radius 1 is 0.647 bits per heavy atom. The molecule has 34 heavy (non-hydrogen) atoms. The molecule has 0 saturated carbocycles. The van der Waals surface area contributed by atoms with Crippen molar-refractivity contribution in [3.63, 3.8) is 0 Å². The Morgan fingerprint density at radius 3 is 1.82 bits per heavy atom. The quantitative estimate of drug-likeness (QED) is 0.133. The molecule has 1 aliphatic heterocycles. The first-order chi connectivity index (χ1) is 16.8. The molecule has 1 aliphatic rings. The highest BCUT2D eigenvalue weighted by atomic mass is 16.5. The standard InChI is InChI=1S/C32H46O2/c1-3-5-7-9-11-13-16-20-26-24-25-29-31(28(26)23-19-14-12-10-8-6-4-2)30(32(33)34-29)27-21-17-15-18-22-27/h15,17-18,21-22,24-25,30H,3-14,16,19-20,23H2,1-2H3. The minimum absolute atomic E-state index is 0.116. The Balaban J connectivity index is 1.71. The second-order valence-corrected chi connectivity index (χ2v) is 10.1. The molecule has 2 aromatic rings. The summed E-state index contributed by atoms with van der Waals surface area (Å²) in [5.74, 6) is 0.403. The molecule has 2 nitrogen and oxygen atoms in total. The van der Waals surface area contributed by atoms with Gasteiger partial charge in [-0.1, -0.05) is 127 Å². The van der Waals surface area contributed by atoms with E-state index in [-0.39, 0.29) is 11.9 Å². The van der Waals surface area contributed by atoms with Crippen LogP contribution in [0.15, 0.2) is 42.5 Å². The van der Waals surface area contributed by atoms with Crippen molar-refractivity contribution in [1.29, 1.82) is 0 Å². The third-order valence-electron chi connectivity index (χ3n) is 7.36. The molecule has 0 aliphatic carbocycles. The summed E-state index contributed by atoms with van der Waals surface area (Å²) in [5, 5.41) is 0. The SMILES string of the molecule is CCCCCCCCCc1ccc2c(c1CCCCCCCCC)C(c1ccccc1)C(=O)O2. The van der Waals surface area contributed by atoms with E-state index >= 15 is 0 Å². The van der Waals surface area contributed by atoms with Crippen LogP contribution < -0.4 is 4.74 Å². The maximum Gasteiger partial charge on any atom is 0.323 e. The summed E-state index contributed by atoms with van der Waals surface area (Å²) >= 11 is 0. The molecule has 0 N–H and O–H groups in total. The zero-order chi connectivity index (χ0) is 24.0. The van der Waals surface area contributed by atoms with Crippen LogP contribution in [0.1, 0.15) is 132 Å². The molecular formula is C32H46O2. The highest BCUT2D eigenvalue weighted by molar-refractivity contribution is 5.90. The number of unbranched alkanes of at least 4 members (excludes halogenated alkanes) is 12. The van der Waals surface area contributed by atoms with Crippen LogP contribution in [0.4, 0.5) is 0 Å². The Morgan fingerprint density at radius 2 is 1.21 bits per heavy atom. The summed E-state index contributed by atoms with van der Waals surface area (Å²) in [6.45, 7) is 4.55.